The molecule has 7 heteroatoms. The smallest absolute Gasteiger partial charge is 0.270 e. The number of nitrogens with one attached hydrogen (secondary N) is 2. The number of nitrogens with zero attached hydrogens (tertiary/aromatic N) is 2. The first-order chi connectivity index (χ1) is 18.1. The predicted molar refractivity (Wildman–Crippen MR) is 143 cm³/mol. The van der Waals surface area contributed by atoms with E-state index in [1.54, 1.807) is 12.0 Å². The number of carbonyl (C=O) groups is 2. The minimum atomic E-state index is -0.161. The van der Waals surface area contributed by atoms with Gasteiger partial charge in [0.15, 0.2) is 0 Å². The van der Waals surface area contributed by atoms with E-state index in [1.165, 1.54) is 0 Å². The lowest BCUT2D eigenvalue weighted by Gasteiger charge is -2.30. The van der Waals surface area contributed by atoms with Crippen LogP contribution in [0.1, 0.15) is 37.7 Å². The van der Waals surface area contributed by atoms with Crippen molar-refractivity contribution in [2.45, 2.75) is 19.5 Å². The third-order valence-corrected chi connectivity index (χ3v) is 6.91. The predicted octanol–water partition coefficient (Wildman–Crippen LogP) is 4.85. The van der Waals surface area contributed by atoms with Gasteiger partial charge in [-0.2, -0.15) is 0 Å². The van der Waals surface area contributed by atoms with Gasteiger partial charge in [-0.3, -0.25) is 14.6 Å². The highest BCUT2D eigenvalue weighted by Gasteiger charge is 2.29. The number of pyridine rings is 1. The van der Waals surface area contributed by atoms with E-state index in [-0.39, 0.29) is 11.8 Å². The number of hydrogen-bond donors (Lipinski definition) is 2. The van der Waals surface area contributed by atoms with Crippen LogP contribution in [0, 0.1) is 0 Å². The Hall–Kier alpha value is -4.65. The highest BCUT2D eigenvalue weighted by Crippen LogP contribution is 2.30. The number of carbonyl (C=O) groups excluding carboxylic acids is 2. The summed E-state index contributed by atoms with van der Waals surface area (Å²) in [6.45, 7) is 1.27. The molecule has 7 nitrogen and oxygen atoms in total. The molecule has 0 radical (unpaired) electrons. The largest absolute Gasteiger partial charge is 0.497 e. The van der Waals surface area contributed by atoms with Gasteiger partial charge in [0.25, 0.3) is 11.8 Å². The first-order valence-corrected chi connectivity index (χ1v) is 12.3. The van der Waals surface area contributed by atoms with Crippen molar-refractivity contribution in [3.05, 3.63) is 107 Å². The van der Waals surface area contributed by atoms with Crippen molar-refractivity contribution in [2.75, 3.05) is 13.7 Å². The van der Waals surface area contributed by atoms with Crippen LogP contribution < -0.4 is 10.1 Å². The lowest BCUT2D eigenvalue weighted by molar-refractivity contribution is 0.0725. The molecule has 3 heterocycles. The number of H-pyrrole nitrogens is 1. The molecule has 2 N–H and O–H groups in total. The molecule has 37 heavy (non-hydrogen) atoms. The van der Waals surface area contributed by atoms with Gasteiger partial charge in [0.2, 0.25) is 0 Å². The monoisotopic (exact) mass is 490 g/mol. The highest BCUT2D eigenvalue weighted by atomic mass is 16.5. The Morgan fingerprint density at radius 1 is 1.03 bits per heavy atom. The Morgan fingerprint density at radius 2 is 1.84 bits per heavy atom. The minimum absolute atomic E-state index is 0.107. The van der Waals surface area contributed by atoms with E-state index in [9.17, 15) is 9.59 Å². The zero-order chi connectivity index (χ0) is 25.4. The summed E-state index contributed by atoms with van der Waals surface area (Å²) in [6.07, 6.45) is 0.582. The Morgan fingerprint density at radius 3 is 2.68 bits per heavy atom. The van der Waals surface area contributed by atoms with Crippen LogP contribution in [0.5, 0.6) is 5.75 Å². The van der Waals surface area contributed by atoms with Gasteiger partial charge in [0, 0.05) is 53.6 Å². The first kappa shape index (κ1) is 22.8. The molecule has 1 aliphatic rings. The van der Waals surface area contributed by atoms with E-state index in [4.69, 9.17) is 9.72 Å². The molecule has 2 aromatic heterocycles. The number of fused-ring (bicyclic) bond motifs is 3. The summed E-state index contributed by atoms with van der Waals surface area (Å²) >= 11 is 0. The average Bonchev–Trinajstić information content (AvgIpc) is 3.38. The molecule has 0 saturated heterocycles. The van der Waals surface area contributed by atoms with Crippen LogP contribution in [-0.2, 0) is 19.5 Å². The zero-order valence-electron chi connectivity index (χ0n) is 20.5. The number of aromatic nitrogens is 2. The van der Waals surface area contributed by atoms with Crippen molar-refractivity contribution < 1.29 is 14.3 Å². The lowest BCUT2D eigenvalue weighted by atomic mass is 9.95. The molecule has 3 aromatic carbocycles. The van der Waals surface area contributed by atoms with Crippen molar-refractivity contribution in [1.29, 1.82) is 0 Å². The third kappa shape index (κ3) is 4.29. The molecule has 0 atom stereocenters. The molecular formula is C30H26N4O3. The fraction of sp³-hybridized carbons (Fsp3) is 0.167. The molecule has 5 aromatic rings. The Bertz CT molecular complexity index is 1640. The second kappa shape index (κ2) is 9.43. The van der Waals surface area contributed by atoms with Gasteiger partial charge in [0.1, 0.15) is 11.4 Å². The summed E-state index contributed by atoms with van der Waals surface area (Å²) in [7, 11) is 1.62. The highest BCUT2D eigenvalue weighted by molar-refractivity contribution is 6.08. The molecule has 0 aliphatic carbocycles. The van der Waals surface area contributed by atoms with Crippen LogP contribution in [-0.4, -0.2) is 40.3 Å². The lowest BCUT2D eigenvalue weighted by Crippen LogP contribution is -2.38. The summed E-state index contributed by atoms with van der Waals surface area (Å²) in [4.78, 5) is 37.0. The SMILES string of the molecule is COc1ccc2[nH]c(C(=O)N3CCc4nc5ccccc5c(C(=O)NCc5ccccc5)c4C3)cc2c1. The fourth-order valence-electron chi connectivity index (χ4n) is 5.01. The molecule has 1 aliphatic heterocycles. The molecule has 0 fully saturated rings. The van der Waals surface area contributed by atoms with Crippen LogP contribution >= 0.6 is 0 Å². The summed E-state index contributed by atoms with van der Waals surface area (Å²) < 4.78 is 5.31. The molecular weight excluding hydrogens is 464 g/mol. The normalized spacial score (nSPS) is 12.9. The molecule has 184 valence electrons. The number of aromatic amines is 1. The van der Waals surface area contributed by atoms with Gasteiger partial charge in [-0.1, -0.05) is 48.5 Å². The molecule has 0 saturated carbocycles. The summed E-state index contributed by atoms with van der Waals surface area (Å²) in [5, 5.41) is 4.78. The van der Waals surface area contributed by atoms with E-state index >= 15 is 0 Å². The van der Waals surface area contributed by atoms with Crippen molar-refractivity contribution in [3.8, 4) is 5.75 Å². The summed E-state index contributed by atoms with van der Waals surface area (Å²) in [6, 6.07) is 25.0. The Balaban J connectivity index is 1.33. The quantitative estimate of drug-likeness (QED) is 0.369. The van der Waals surface area contributed by atoms with Crippen LogP contribution in [0.15, 0.2) is 78.9 Å². The second-order valence-electron chi connectivity index (χ2n) is 9.21. The van der Waals surface area contributed by atoms with Crippen molar-refractivity contribution in [3.63, 3.8) is 0 Å². The van der Waals surface area contributed by atoms with Gasteiger partial charge >= 0.3 is 0 Å². The fourth-order valence-corrected chi connectivity index (χ4v) is 5.01. The van der Waals surface area contributed by atoms with Gasteiger partial charge in [-0.15, -0.1) is 0 Å². The number of benzene rings is 3. The third-order valence-electron chi connectivity index (χ3n) is 6.91. The molecule has 0 spiro atoms. The second-order valence-corrected chi connectivity index (χ2v) is 9.21. The number of hydrogen-bond acceptors (Lipinski definition) is 4. The molecule has 0 unspecified atom stereocenters. The van der Waals surface area contributed by atoms with Gasteiger partial charge in [0.05, 0.1) is 18.2 Å². The van der Waals surface area contributed by atoms with E-state index in [0.29, 0.717) is 37.3 Å². The number of methoxy groups -OCH3 is 1. The van der Waals surface area contributed by atoms with Crippen molar-refractivity contribution in [2.24, 2.45) is 0 Å². The van der Waals surface area contributed by atoms with E-state index in [0.717, 1.165) is 44.4 Å². The maximum absolute atomic E-state index is 13.6. The number of rotatable bonds is 5. The Labute approximate surface area is 214 Å². The zero-order valence-corrected chi connectivity index (χ0v) is 20.5. The maximum Gasteiger partial charge on any atom is 0.270 e. The van der Waals surface area contributed by atoms with Gasteiger partial charge in [-0.05, 0) is 35.9 Å². The standard InChI is InChI=1S/C30H26N4O3/c1-37-21-11-12-24-20(15-21)16-27(32-24)30(36)34-14-13-26-23(18-34)28(22-9-5-6-10-25(22)33-26)29(35)31-17-19-7-3-2-4-8-19/h2-12,15-16,32H,13-14,17-18H2,1H3,(H,31,35). The number of para-hydroxylation sites is 1. The van der Waals surface area contributed by atoms with Crippen LogP contribution in [0.25, 0.3) is 21.8 Å². The van der Waals surface area contributed by atoms with Crippen molar-refractivity contribution in [1.82, 2.24) is 20.2 Å². The number of amides is 2. The van der Waals surface area contributed by atoms with Crippen LogP contribution in [0.2, 0.25) is 0 Å². The van der Waals surface area contributed by atoms with Crippen LogP contribution in [0.4, 0.5) is 0 Å². The van der Waals surface area contributed by atoms with Crippen LogP contribution in [0.3, 0.4) is 0 Å². The van der Waals surface area contributed by atoms with E-state index in [2.05, 4.69) is 10.3 Å². The first-order valence-electron chi connectivity index (χ1n) is 12.3. The maximum atomic E-state index is 13.6. The Kier molecular flexibility index (Phi) is 5.81. The van der Waals surface area contributed by atoms with E-state index in [1.807, 2.05) is 78.9 Å². The van der Waals surface area contributed by atoms with Gasteiger partial charge < -0.3 is 19.9 Å². The van der Waals surface area contributed by atoms with Gasteiger partial charge in [-0.25, -0.2) is 0 Å². The minimum Gasteiger partial charge on any atom is -0.497 e. The molecule has 6 rings (SSSR count). The molecule has 0 bridgehead atoms. The topological polar surface area (TPSA) is 87.3 Å². The molecule has 2 amide bonds. The van der Waals surface area contributed by atoms with Crippen molar-refractivity contribution >= 4 is 33.6 Å². The average molecular weight is 491 g/mol. The summed E-state index contributed by atoms with van der Waals surface area (Å²) in [5.74, 6) is 0.469. The van der Waals surface area contributed by atoms with E-state index < -0.39 is 0 Å². The summed E-state index contributed by atoms with van der Waals surface area (Å²) in [5.41, 5.74) is 5.46. The number of ether oxygens (including phenoxy) is 1.